The molecule has 2 heterocycles. The molecule has 1 aliphatic rings. The number of aromatic nitrogens is 1. The van der Waals surface area contributed by atoms with Gasteiger partial charge in [-0.15, -0.1) is 0 Å². The molecule has 1 saturated heterocycles. The third-order valence-corrected chi connectivity index (χ3v) is 5.63. The van der Waals surface area contributed by atoms with Gasteiger partial charge in [-0.2, -0.15) is 0 Å². The average molecular weight is 393 g/mol. The summed E-state index contributed by atoms with van der Waals surface area (Å²) in [6.07, 6.45) is 3.78. The van der Waals surface area contributed by atoms with Crippen molar-refractivity contribution in [2.75, 3.05) is 37.4 Å². The Morgan fingerprint density at radius 2 is 2.07 bits per heavy atom. The molecule has 2 aromatic rings. The van der Waals surface area contributed by atoms with E-state index in [1.165, 1.54) is 32.5 Å². The highest BCUT2D eigenvalue weighted by Crippen LogP contribution is 2.29. The Morgan fingerprint density at radius 3 is 2.70 bits per heavy atom. The van der Waals surface area contributed by atoms with Crippen LogP contribution in [0.4, 0.5) is 11.5 Å². The third-order valence-electron chi connectivity index (χ3n) is 4.21. The van der Waals surface area contributed by atoms with Crippen LogP contribution in [0, 0.1) is 0 Å². The normalized spacial score (nSPS) is 16.7. The lowest BCUT2D eigenvalue weighted by Gasteiger charge is -2.13. The summed E-state index contributed by atoms with van der Waals surface area (Å²) in [4.78, 5) is 4.26. The van der Waals surface area contributed by atoms with E-state index in [1.807, 2.05) is 0 Å². The molecule has 1 atom stereocenters. The summed E-state index contributed by atoms with van der Waals surface area (Å²) >= 11 is 0. The van der Waals surface area contributed by atoms with Crippen LogP contribution in [0.15, 0.2) is 41.4 Å². The Bertz CT molecular complexity index is 865. The van der Waals surface area contributed by atoms with Gasteiger partial charge in [-0.05, 0) is 37.1 Å². The highest BCUT2D eigenvalue weighted by molar-refractivity contribution is 7.92. The second kappa shape index (κ2) is 8.45. The van der Waals surface area contributed by atoms with Crippen LogP contribution in [0.3, 0.4) is 0 Å². The zero-order valence-electron chi connectivity index (χ0n) is 15.3. The molecular weight excluding hydrogens is 370 g/mol. The molecule has 27 heavy (non-hydrogen) atoms. The van der Waals surface area contributed by atoms with Crippen molar-refractivity contribution < 1.29 is 22.6 Å². The lowest BCUT2D eigenvalue weighted by molar-refractivity contribution is 0.120. The van der Waals surface area contributed by atoms with Crippen molar-refractivity contribution in [3.8, 4) is 11.5 Å². The van der Waals surface area contributed by atoms with E-state index in [9.17, 15) is 8.42 Å². The van der Waals surface area contributed by atoms with Crippen molar-refractivity contribution in [2.24, 2.45) is 0 Å². The Balaban J connectivity index is 1.68. The largest absolute Gasteiger partial charge is 0.497 e. The predicted molar refractivity (Wildman–Crippen MR) is 102 cm³/mol. The average Bonchev–Trinajstić information content (AvgIpc) is 3.20. The first-order valence-corrected chi connectivity index (χ1v) is 10.1. The highest BCUT2D eigenvalue weighted by atomic mass is 32.2. The number of sulfonamides is 1. The van der Waals surface area contributed by atoms with Crippen molar-refractivity contribution in [1.29, 1.82) is 0 Å². The number of anilines is 2. The fourth-order valence-electron chi connectivity index (χ4n) is 2.79. The zero-order chi connectivity index (χ0) is 19.3. The van der Waals surface area contributed by atoms with Crippen LogP contribution in [0.25, 0.3) is 0 Å². The van der Waals surface area contributed by atoms with Crippen LogP contribution in [0.5, 0.6) is 11.5 Å². The summed E-state index contributed by atoms with van der Waals surface area (Å²) in [5.41, 5.74) is 0.357. The standard InChI is InChI=1S/C18H23N3O5S/c1-24-14-6-7-17(16(10-14)25-2)27(22,23)21-13-5-8-18(19-11-13)20-12-15-4-3-9-26-15/h5-8,10-11,15,21H,3-4,9,12H2,1-2H3,(H,19,20). The molecule has 8 nitrogen and oxygen atoms in total. The molecule has 1 aliphatic heterocycles. The summed E-state index contributed by atoms with van der Waals surface area (Å²) in [7, 11) is -0.922. The van der Waals surface area contributed by atoms with Gasteiger partial charge in [0.25, 0.3) is 10.0 Å². The van der Waals surface area contributed by atoms with E-state index in [4.69, 9.17) is 14.2 Å². The maximum absolute atomic E-state index is 12.7. The number of hydrogen-bond donors (Lipinski definition) is 2. The van der Waals surface area contributed by atoms with E-state index in [-0.39, 0.29) is 16.7 Å². The van der Waals surface area contributed by atoms with Gasteiger partial charge in [0.2, 0.25) is 0 Å². The summed E-state index contributed by atoms with van der Waals surface area (Å²) in [5.74, 6) is 1.37. The van der Waals surface area contributed by atoms with E-state index >= 15 is 0 Å². The first-order valence-electron chi connectivity index (χ1n) is 8.58. The minimum absolute atomic E-state index is 0.0198. The van der Waals surface area contributed by atoms with Gasteiger partial charge in [0, 0.05) is 19.2 Å². The summed E-state index contributed by atoms with van der Waals surface area (Å²) in [6, 6.07) is 7.89. The maximum atomic E-state index is 12.7. The van der Waals surface area contributed by atoms with E-state index in [0.717, 1.165) is 19.4 Å². The minimum atomic E-state index is -3.83. The van der Waals surface area contributed by atoms with Gasteiger partial charge in [-0.25, -0.2) is 13.4 Å². The van der Waals surface area contributed by atoms with Gasteiger partial charge in [0.15, 0.2) is 0 Å². The van der Waals surface area contributed by atoms with Gasteiger partial charge >= 0.3 is 0 Å². The number of rotatable bonds is 8. The molecule has 0 aliphatic carbocycles. The van der Waals surface area contributed by atoms with Crippen molar-refractivity contribution in [1.82, 2.24) is 4.98 Å². The van der Waals surface area contributed by atoms with Crippen LogP contribution in [-0.4, -0.2) is 46.9 Å². The molecule has 1 fully saturated rings. The van der Waals surface area contributed by atoms with Gasteiger partial charge < -0.3 is 19.5 Å². The van der Waals surface area contributed by atoms with E-state index in [1.54, 1.807) is 18.2 Å². The SMILES string of the molecule is COc1ccc(S(=O)(=O)Nc2ccc(NCC3CCCO3)nc2)c(OC)c1. The van der Waals surface area contributed by atoms with Gasteiger partial charge in [0.1, 0.15) is 22.2 Å². The monoisotopic (exact) mass is 393 g/mol. The number of hydrogen-bond acceptors (Lipinski definition) is 7. The van der Waals surface area contributed by atoms with Gasteiger partial charge in [0.05, 0.1) is 32.2 Å². The number of pyridine rings is 1. The molecule has 2 N–H and O–H groups in total. The van der Waals surface area contributed by atoms with Crippen LogP contribution in [0.1, 0.15) is 12.8 Å². The summed E-state index contributed by atoms with van der Waals surface area (Å²) < 4.78 is 43.7. The second-order valence-corrected chi connectivity index (χ2v) is 7.72. The third kappa shape index (κ3) is 4.81. The fourth-order valence-corrected chi connectivity index (χ4v) is 3.98. The summed E-state index contributed by atoms with van der Waals surface area (Å²) in [5, 5.41) is 3.19. The molecular formula is C18H23N3O5S. The highest BCUT2D eigenvalue weighted by Gasteiger charge is 2.20. The van der Waals surface area contributed by atoms with Gasteiger partial charge in [-0.3, -0.25) is 4.72 Å². The Hall–Kier alpha value is -2.52. The Kier molecular flexibility index (Phi) is 6.02. The van der Waals surface area contributed by atoms with E-state index < -0.39 is 10.0 Å². The quantitative estimate of drug-likeness (QED) is 0.711. The molecule has 0 spiro atoms. The van der Waals surface area contributed by atoms with Gasteiger partial charge in [-0.1, -0.05) is 0 Å². The molecule has 146 valence electrons. The number of ether oxygens (including phenoxy) is 3. The molecule has 1 aromatic carbocycles. The van der Waals surface area contributed by atoms with Crippen LogP contribution < -0.4 is 19.5 Å². The number of nitrogens with zero attached hydrogens (tertiary/aromatic N) is 1. The van der Waals surface area contributed by atoms with Crippen LogP contribution in [-0.2, 0) is 14.8 Å². The molecule has 0 bridgehead atoms. The van der Waals surface area contributed by atoms with E-state index in [2.05, 4.69) is 15.0 Å². The Labute approximate surface area is 158 Å². The summed E-state index contributed by atoms with van der Waals surface area (Å²) in [6.45, 7) is 1.48. The molecule has 0 radical (unpaired) electrons. The maximum Gasteiger partial charge on any atom is 0.265 e. The topological polar surface area (TPSA) is 98.8 Å². The predicted octanol–water partition coefficient (Wildman–Crippen LogP) is 2.49. The van der Waals surface area contributed by atoms with Crippen LogP contribution >= 0.6 is 0 Å². The van der Waals surface area contributed by atoms with Crippen LogP contribution in [0.2, 0.25) is 0 Å². The number of benzene rings is 1. The lowest BCUT2D eigenvalue weighted by Crippen LogP contribution is -2.19. The second-order valence-electron chi connectivity index (χ2n) is 6.07. The molecule has 9 heteroatoms. The minimum Gasteiger partial charge on any atom is -0.497 e. The lowest BCUT2D eigenvalue weighted by atomic mass is 10.2. The smallest absolute Gasteiger partial charge is 0.265 e. The fraction of sp³-hybridized carbons (Fsp3) is 0.389. The molecule has 0 saturated carbocycles. The van der Waals surface area contributed by atoms with Crippen molar-refractivity contribution >= 4 is 21.5 Å². The van der Waals surface area contributed by atoms with E-state index in [0.29, 0.717) is 23.8 Å². The zero-order valence-corrected chi connectivity index (χ0v) is 16.1. The van der Waals surface area contributed by atoms with Crippen molar-refractivity contribution in [3.05, 3.63) is 36.5 Å². The molecule has 1 unspecified atom stereocenters. The van der Waals surface area contributed by atoms with Crippen molar-refractivity contribution in [2.45, 2.75) is 23.8 Å². The Morgan fingerprint density at radius 1 is 1.22 bits per heavy atom. The van der Waals surface area contributed by atoms with Crippen molar-refractivity contribution in [3.63, 3.8) is 0 Å². The first kappa shape index (κ1) is 19.2. The number of methoxy groups -OCH3 is 2. The molecule has 0 amide bonds. The molecule has 1 aromatic heterocycles. The number of nitrogens with one attached hydrogen (secondary N) is 2. The molecule has 3 rings (SSSR count). The first-order chi connectivity index (χ1) is 13.0.